The van der Waals surface area contributed by atoms with E-state index in [4.69, 9.17) is 4.74 Å². The van der Waals surface area contributed by atoms with Gasteiger partial charge in [-0.1, -0.05) is 37.5 Å². The lowest BCUT2D eigenvalue weighted by Gasteiger charge is -2.27. The zero-order valence-electron chi connectivity index (χ0n) is 12.0. The van der Waals surface area contributed by atoms with Crippen LogP contribution in [0.4, 0.5) is 0 Å². The van der Waals surface area contributed by atoms with Gasteiger partial charge in [-0.25, -0.2) is 0 Å². The van der Waals surface area contributed by atoms with E-state index in [0.29, 0.717) is 6.42 Å². The number of amides is 1. The molecule has 4 nitrogen and oxygen atoms in total. The van der Waals surface area contributed by atoms with Crippen LogP contribution in [0.25, 0.3) is 0 Å². The van der Waals surface area contributed by atoms with Gasteiger partial charge in [0.05, 0.1) is 6.07 Å². The number of carbonyl (C=O) groups is 1. The minimum absolute atomic E-state index is 0.164. The molecule has 1 aliphatic carbocycles. The van der Waals surface area contributed by atoms with E-state index in [1.54, 1.807) is 0 Å². The molecule has 2 unspecified atom stereocenters. The van der Waals surface area contributed by atoms with Crippen LogP contribution in [0.3, 0.4) is 0 Å². The number of hydrogen-bond acceptors (Lipinski definition) is 3. The molecule has 2 atom stereocenters. The second-order valence-corrected chi connectivity index (χ2v) is 5.93. The van der Waals surface area contributed by atoms with Crippen LogP contribution in [0.15, 0.2) is 24.3 Å². The van der Waals surface area contributed by atoms with Gasteiger partial charge in [-0.05, 0) is 30.4 Å². The standard InChI is InChI=1S/C17H20N2O2/c18-11-14(12-6-2-1-3-7-12)19-17(20)16-10-13-8-4-5-9-15(13)21-16/h4-5,8-9,12,14,16H,1-3,6-7,10H2,(H,19,20). The van der Waals surface area contributed by atoms with Gasteiger partial charge in [0.1, 0.15) is 11.8 Å². The predicted molar refractivity (Wildman–Crippen MR) is 78.7 cm³/mol. The third-order valence-electron chi connectivity index (χ3n) is 4.50. The number of nitrogens with zero attached hydrogens (tertiary/aromatic N) is 1. The molecule has 1 saturated carbocycles. The lowest BCUT2D eigenvalue weighted by molar-refractivity contribution is -0.128. The Bertz CT molecular complexity index is 533. The van der Waals surface area contributed by atoms with Crippen LogP contribution in [0.2, 0.25) is 0 Å². The van der Waals surface area contributed by atoms with Gasteiger partial charge in [0.2, 0.25) is 0 Å². The molecule has 0 saturated heterocycles. The zero-order chi connectivity index (χ0) is 14.7. The van der Waals surface area contributed by atoms with Crippen LogP contribution in [0, 0.1) is 17.2 Å². The number of hydrogen-bond donors (Lipinski definition) is 1. The van der Waals surface area contributed by atoms with Gasteiger partial charge in [-0.2, -0.15) is 5.26 Å². The summed E-state index contributed by atoms with van der Waals surface area (Å²) in [4.78, 5) is 12.3. The molecule has 0 spiro atoms. The van der Waals surface area contributed by atoms with Crippen LogP contribution >= 0.6 is 0 Å². The maximum absolute atomic E-state index is 12.3. The van der Waals surface area contributed by atoms with Crippen LogP contribution in [0.1, 0.15) is 37.7 Å². The Morgan fingerprint density at radius 1 is 1.29 bits per heavy atom. The quantitative estimate of drug-likeness (QED) is 0.928. The number of benzene rings is 1. The molecule has 1 aromatic rings. The summed E-state index contributed by atoms with van der Waals surface area (Å²) in [5.41, 5.74) is 1.06. The molecule has 3 rings (SSSR count). The van der Waals surface area contributed by atoms with E-state index in [1.807, 2.05) is 24.3 Å². The van der Waals surface area contributed by atoms with Crippen molar-refractivity contribution in [3.8, 4) is 11.8 Å². The number of carbonyl (C=O) groups excluding carboxylic acids is 1. The van der Waals surface area contributed by atoms with Crippen molar-refractivity contribution < 1.29 is 9.53 Å². The van der Waals surface area contributed by atoms with Gasteiger partial charge >= 0.3 is 0 Å². The predicted octanol–water partition coefficient (Wildman–Crippen LogP) is 2.58. The summed E-state index contributed by atoms with van der Waals surface area (Å²) in [5, 5.41) is 12.2. The summed E-state index contributed by atoms with van der Waals surface area (Å²) in [7, 11) is 0. The highest BCUT2D eigenvalue weighted by Gasteiger charge is 2.32. The van der Waals surface area contributed by atoms with E-state index in [-0.39, 0.29) is 17.9 Å². The summed E-state index contributed by atoms with van der Waals surface area (Å²) in [6, 6.07) is 9.58. The molecule has 0 bridgehead atoms. The van der Waals surface area contributed by atoms with Crippen LogP contribution in [-0.4, -0.2) is 18.1 Å². The molecule has 21 heavy (non-hydrogen) atoms. The van der Waals surface area contributed by atoms with Crippen molar-refractivity contribution in [3.63, 3.8) is 0 Å². The highest BCUT2D eigenvalue weighted by atomic mass is 16.5. The first kappa shape index (κ1) is 13.9. The molecule has 1 N–H and O–H groups in total. The van der Waals surface area contributed by atoms with Crippen molar-refractivity contribution in [2.45, 2.75) is 50.7 Å². The molecule has 1 heterocycles. The highest BCUT2D eigenvalue weighted by Crippen LogP contribution is 2.29. The van der Waals surface area contributed by atoms with Crippen molar-refractivity contribution in [2.24, 2.45) is 5.92 Å². The zero-order valence-corrected chi connectivity index (χ0v) is 12.0. The van der Waals surface area contributed by atoms with Crippen molar-refractivity contribution in [1.82, 2.24) is 5.32 Å². The highest BCUT2D eigenvalue weighted by molar-refractivity contribution is 5.83. The molecule has 1 fully saturated rings. The van der Waals surface area contributed by atoms with Crippen molar-refractivity contribution in [1.29, 1.82) is 5.26 Å². The molecule has 4 heteroatoms. The second-order valence-electron chi connectivity index (χ2n) is 5.93. The van der Waals surface area contributed by atoms with Crippen LogP contribution in [0.5, 0.6) is 5.75 Å². The van der Waals surface area contributed by atoms with Gasteiger partial charge in [0.15, 0.2) is 6.10 Å². The first-order valence-electron chi connectivity index (χ1n) is 7.72. The van der Waals surface area contributed by atoms with E-state index >= 15 is 0 Å². The van der Waals surface area contributed by atoms with Crippen molar-refractivity contribution in [3.05, 3.63) is 29.8 Å². The number of rotatable bonds is 3. The summed E-state index contributed by atoms with van der Waals surface area (Å²) in [6.45, 7) is 0. The SMILES string of the molecule is N#CC(NC(=O)C1Cc2ccccc2O1)C1CCCCC1. The fourth-order valence-electron chi connectivity index (χ4n) is 3.30. The van der Waals surface area contributed by atoms with Gasteiger partial charge in [-0.3, -0.25) is 4.79 Å². The largest absolute Gasteiger partial charge is 0.480 e. The topological polar surface area (TPSA) is 62.1 Å². The molecular formula is C17H20N2O2. The monoisotopic (exact) mass is 284 g/mol. The Morgan fingerprint density at radius 3 is 2.76 bits per heavy atom. The Labute approximate surface area is 125 Å². The third-order valence-corrected chi connectivity index (χ3v) is 4.50. The van der Waals surface area contributed by atoms with Gasteiger partial charge in [0, 0.05) is 6.42 Å². The number of fused-ring (bicyclic) bond motifs is 1. The minimum Gasteiger partial charge on any atom is -0.480 e. The van der Waals surface area contributed by atoms with Crippen LogP contribution in [-0.2, 0) is 11.2 Å². The van der Waals surface area contributed by atoms with Crippen molar-refractivity contribution in [2.75, 3.05) is 0 Å². The Kier molecular flexibility index (Phi) is 4.10. The summed E-state index contributed by atoms with van der Waals surface area (Å²) in [6.07, 6.45) is 5.71. The van der Waals surface area contributed by atoms with Gasteiger partial charge in [0.25, 0.3) is 5.91 Å². The summed E-state index contributed by atoms with van der Waals surface area (Å²) in [5.74, 6) is 0.906. The molecule has 110 valence electrons. The first-order valence-corrected chi connectivity index (χ1v) is 7.72. The Morgan fingerprint density at radius 2 is 2.05 bits per heavy atom. The number of nitriles is 1. The number of ether oxygens (including phenoxy) is 1. The summed E-state index contributed by atoms with van der Waals surface area (Å²) >= 11 is 0. The Balaban J connectivity index is 1.60. The first-order chi connectivity index (χ1) is 10.3. The van der Waals surface area contributed by atoms with E-state index in [2.05, 4.69) is 11.4 Å². The Hall–Kier alpha value is -2.02. The van der Waals surface area contributed by atoms with Gasteiger partial charge in [-0.15, -0.1) is 0 Å². The third kappa shape index (κ3) is 3.02. The summed E-state index contributed by atoms with van der Waals surface area (Å²) < 4.78 is 5.68. The van der Waals surface area contributed by atoms with E-state index in [0.717, 1.165) is 37.0 Å². The lowest BCUT2D eigenvalue weighted by Crippen LogP contribution is -2.46. The molecule has 1 aromatic carbocycles. The molecule has 0 aromatic heterocycles. The molecule has 1 aliphatic heterocycles. The molecule has 1 amide bonds. The minimum atomic E-state index is -0.498. The number of para-hydroxylation sites is 1. The van der Waals surface area contributed by atoms with Crippen LogP contribution < -0.4 is 10.1 Å². The van der Waals surface area contributed by atoms with Gasteiger partial charge < -0.3 is 10.1 Å². The molecular weight excluding hydrogens is 264 g/mol. The average Bonchev–Trinajstić information content (AvgIpc) is 2.97. The van der Waals surface area contributed by atoms with E-state index < -0.39 is 6.10 Å². The number of nitrogens with one attached hydrogen (secondary N) is 1. The maximum Gasteiger partial charge on any atom is 0.262 e. The smallest absolute Gasteiger partial charge is 0.262 e. The normalized spacial score (nSPS) is 22.7. The average molecular weight is 284 g/mol. The fourth-order valence-corrected chi connectivity index (χ4v) is 3.30. The molecule has 0 radical (unpaired) electrons. The molecule has 2 aliphatic rings. The van der Waals surface area contributed by atoms with E-state index in [9.17, 15) is 10.1 Å². The lowest BCUT2D eigenvalue weighted by atomic mass is 9.84. The fraction of sp³-hybridized carbons (Fsp3) is 0.529. The second kappa shape index (κ2) is 6.17. The maximum atomic E-state index is 12.3. The van der Waals surface area contributed by atoms with Crippen molar-refractivity contribution >= 4 is 5.91 Å². The van der Waals surface area contributed by atoms with E-state index in [1.165, 1.54) is 6.42 Å².